The first kappa shape index (κ1) is 15.2. The molecule has 2 N–H and O–H groups in total. The Hall–Kier alpha value is -2.15. The van der Waals surface area contributed by atoms with E-state index < -0.39 is 16.4 Å². The number of phenolic OH excluding ortho intramolecular Hbond substituents is 1. The van der Waals surface area contributed by atoms with E-state index in [4.69, 9.17) is 0 Å². The lowest BCUT2D eigenvalue weighted by Gasteiger charge is -2.36. The first-order valence-corrected chi connectivity index (χ1v) is 7.03. The van der Waals surface area contributed by atoms with E-state index in [1.807, 2.05) is 0 Å². The van der Waals surface area contributed by atoms with Crippen LogP contribution in [0, 0.1) is 10.1 Å². The number of aromatic hydroxyl groups is 1. The van der Waals surface area contributed by atoms with Crippen LogP contribution in [0.1, 0.15) is 30.1 Å². The Labute approximate surface area is 122 Å². The van der Waals surface area contributed by atoms with E-state index in [2.05, 4.69) is 12.2 Å². The second-order valence-corrected chi connectivity index (χ2v) is 5.11. The fourth-order valence-corrected chi connectivity index (χ4v) is 2.60. The number of nitro benzene ring substituents is 1. The molecule has 1 aliphatic rings. The van der Waals surface area contributed by atoms with Gasteiger partial charge in [0.15, 0.2) is 5.75 Å². The van der Waals surface area contributed by atoms with Crippen molar-refractivity contribution < 1.29 is 14.8 Å². The number of nitrogens with zero attached hydrogens (tertiary/aromatic N) is 2. The van der Waals surface area contributed by atoms with Gasteiger partial charge >= 0.3 is 5.69 Å². The predicted molar refractivity (Wildman–Crippen MR) is 77.4 cm³/mol. The summed E-state index contributed by atoms with van der Waals surface area (Å²) >= 11 is 0. The number of nitro groups is 1. The van der Waals surface area contributed by atoms with Crippen LogP contribution in [0.5, 0.6) is 5.75 Å². The van der Waals surface area contributed by atoms with Crippen molar-refractivity contribution in [2.75, 3.05) is 19.6 Å². The summed E-state index contributed by atoms with van der Waals surface area (Å²) in [5.41, 5.74) is -0.113. The normalized spacial score (nSPS) is 18.5. The summed E-state index contributed by atoms with van der Waals surface area (Å²) in [5, 5.41) is 23.6. The Bertz CT molecular complexity index is 545. The Morgan fingerprint density at radius 3 is 2.95 bits per heavy atom. The molecule has 0 saturated carbocycles. The van der Waals surface area contributed by atoms with Crippen LogP contribution in [0.3, 0.4) is 0 Å². The highest BCUT2D eigenvalue weighted by molar-refractivity contribution is 5.95. The van der Waals surface area contributed by atoms with Crippen molar-refractivity contribution in [3.05, 3.63) is 33.9 Å². The smallest absolute Gasteiger partial charge is 0.310 e. The zero-order valence-electron chi connectivity index (χ0n) is 11.9. The molecule has 7 nitrogen and oxygen atoms in total. The summed E-state index contributed by atoms with van der Waals surface area (Å²) in [6.07, 6.45) is 1.87. The number of piperazine rings is 1. The van der Waals surface area contributed by atoms with E-state index >= 15 is 0 Å². The Balaban J connectivity index is 2.22. The predicted octanol–water partition coefficient (Wildman–Crippen LogP) is 1.51. The van der Waals surface area contributed by atoms with Crippen molar-refractivity contribution in [3.8, 4) is 5.75 Å². The van der Waals surface area contributed by atoms with E-state index in [1.165, 1.54) is 18.2 Å². The fourth-order valence-electron chi connectivity index (χ4n) is 2.60. The molecule has 21 heavy (non-hydrogen) atoms. The number of carbonyl (C=O) groups is 1. The molecule has 1 aromatic rings. The number of nitrogens with one attached hydrogen (secondary N) is 1. The molecule has 1 unspecified atom stereocenters. The highest BCUT2D eigenvalue weighted by Crippen LogP contribution is 2.27. The number of hydrogen-bond donors (Lipinski definition) is 2. The Morgan fingerprint density at radius 2 is 2.33 bits per heavy atom. The Morgan fingerprint density at radius 1 is 1.57 bits per heavy atom. The first-order chi connectivity index (χ1) is 10.0. The zero-order chi connectivity index (χ0) is 15.4. The topological polar surface area (TPSA) is 95.7 Å². The molecule has 1 aliphatic heterocycles. The van der Waals surface area contributed by atoms with Crippen LogP contribution in [0.4, 0.5) is 5.69 Å². The maximum atomic E-state index is 12.5. The van der Waals surface area contributed by atoms with Gasteiger partial charge in [-0.3, -0.25) is 14.9 Å². The van der Waals surface area contributed by atoms with Gasteiger partial charge in [-0.1, -0.05) is 13.3 Å². The van der Waals surface area contributed by atoms with Gasteiger partial charge in [-0.2, -0.15) is 0 Å². The average Bonchev–Trinajstić information content (AvgIpc) is 2.47. The van der Waals surface area contributed by atoms with Gasteiger partial charge in [0.2, 0.25) is 0 Å². The number of phenols is 1. The number of benzene rings is 1. The monoisotopic (exact) mass is 293 g/mol. The van der Waals surface area contributed by atoms with Gasteiger partial charge < -0.3 is 15.3 Å². The summed E-state index contributed by atoms with van der Waals surface area (Å²) in [5.74, 6) is -0.673. The van der Waals surface area contributed by atoms with E-state index in [9.17, 15) is 20.0 Å². The van der Waals surface area contributed by atoms with Crippen molar-refractivity contribution in [1.82, 2.24) is 10.2 Å². The van der Waals surface area contributed by atoms with Crippen LogP contribution < -0.4 is 5.32 Å². The van der Waals surface area contributed by atoms with Gasteiger partial charge in [0.1, 0.15) is 0 Å². The lowest BCUT2D eigenvalue weighted by Crippen LogP contribution is -2.53. The van der Waals surface area contributed by atoms with Gasteiger partial charge in [-0.25, -0.2) is 0 Å². The van der Waals surface area contributed by atoms with Crippen LogP contribution >= 0.6 is 0 Å². The molecule has 2 rings (SSSR count). The highest BCUT2D eigenvalue weighted by Gasteiger charge is 2.27. The Kier molecular flexibility index (Phi) is 4.74. The van der Waals surface area contributed by atoms with Crippen LogP contribution in [0.15, 0.2) is 18.2 Å². The second kappa shape index (κ2) is 6.53. The number of carbonyl (C=O) groups excluding carboxylic acids is 1. The standard InChI is InChI=1S/C14H19N3O4/c1-2-3-11-9-15-6-7-16(11)14(19)10-4-5-12(17(20)21)13(18)8-10/h4-5,8,11,15,18H,2-3,6-7,9H2,1H3. The number of amides is 1. The summed E-state index contributed by atoms with van der Waals surface area (Å²) in [4.78, 5) is 24.3. The SMILES string of the molecule is CCCC1CNCCN1C(=O)c1ccc([N+](=O)[O-])c(O)c1. The maximum Gasteiger partial charge on any atom is 0.310 e. The van der Waals surface area contributed by atoms with Crippen molar-refractivity contribution in [2.24, 2.45) is 0 Å². The van der Waals surface area contributed by atoms with Gasteiger partial charge in [0.05, 0.1) is 4.92 Å². The molecule has 1 atom stereocenters. The molecule has 1 amide bonds. The molecule has 114 valence electrons. The van der Waals surface area contributed by atoms with E-state index in [0.29, 0.717) is 6.54 Å². The van der Waals surface area contributed by atoms with E-state index in [-0.39, 0.29) is 17.5 Å². The lowest BCUT2D eigenvalue weighted by molar-refractivity contribution is -0.385. The first-order valence-electron chi connectivity index (χ1n) is 7.03. The molecule has 1 fully saturated rings. The van der Waals surface area contributed by atoms with Crippen molar-refractivity contribution in [2.45, 2.75) is 25.8 Å². The molecule has 0 aliphatic carbocycles. The highest BCUT2D eigenvalue weighted by atomic mass is 16.6. The molecular formula is C14H19N3O4. The van der Waals surface area contributed by atoms with E-state index in [1.54, 1.807) is 4.90 Å². The second-order valence-electron chi connectivity index (χ2n) is 5.11. The fraction of sp³-hybridized carbons (Fsp3) is 0.500. The summed E-state index contributed by atoms with van der Waals surface area (Å²) in [6, 6.07) is 3.85. The van der Waals surface area contributed by atoms with Crippen molar-refractivity contribution in [3.63, 3.8) is 0 Å². The van der Waals surface area contributed by atoms with Crippen molar-refractivity contribution in [1.29, 1.82) is 0 Å². The van der Waals surface area contributed by atoms with E-state index in [0.717, 1.165) is 25.9 Å². The number of rotatable bonds is 4. The van der Waals surface area contributed by atoms with Crippen LogP contribution in [0.2, 0.25) is 0 Å². The van der Waals surface area contributed by atoms with Crippen LogP contribution in [-0.4, -0.2) is 46.5 Å². The molecule has 0 bridgehead atoms. The molecule has 1 heterocycles. The summed E-state index contributed by atoms with van der Waals surface area (Å²) < 4.78 is 0. The third-order valence-corrected chi connectivity index (χ3v) is 3.65. The average molecular weight is 293 g/mol. The molecule has 0 spiro atoms. The minimum atomic E-state index is -0.672. The van der Waals surface area contributed by atoms with Gasteiger partial charge in [-0.05, 0) is 18.6 Å². The summed E-state index contributed by atoms with van der Waals surface area (Å²) in [7, 11) is 0. The quantitative estimate of drug-likeness (QED) is 0.648. The maximum absolute atomic E-state index is 12.5. The third-order valence-electron chi connectivity index (χ3n) is 3.65. The molecule has 1 saturated heterocycles. The minimum absolute atomic E-state index is 0.119. The van der Waals surface area contributed by atoms with Gasteiger partial charge in [-0.15, -0.1) is 0 Å². The lowest BCUT2D eigenvalue weighted by atomic mass is 10.1. The van der Waals surface area contributed by atoms with Crippen LogP contribution in [-0.2, 0) is 0 Å². The molecular weight excluding hydrogens is 274 g/mol. The third kappa shape index (κ3) is 3.30. The van der Waals surface area contributed by atoms with Crippen LogP contribution in [0.25, 0.3) is 0 Å². The zero-order valence-corrected chi connectivity index (χ0v) is 11.9. The number of hydrogen-bond acceptors (Lipinski definition) is 5. The summed E-state index contributed by atoms with van der Waals surface area (Å²) in [6.45, 7) is 4.14. The molecule has 1 aromatic carbocycles. The molecule has 7 heteroatoms. The van der Waals surface area contributed by atoms with Crippen molar-refractivity contribution >= 4 is 11.6 Å². The molecule has 0 radical (unpaired) electrons. The largest absolute Gasteiger partial charge is 0.502 e. The van der Waals surface area contributed by atoms with Gasteiger partial charge in [0, 0.05) is 37.3 Å². The molecule has 0 aromatic heterocycles. The minimum Gasteiger partial charge on any atom is -0.502 e. The van der Waals surface area contributed by atoms with Gasteiger partial charge in [0.25, 0.3) is 5.91 Å².